The molecular weight excluding hydrogens is 298 g/mol. The molecule has 1 saturated heterocycles. The Hall–Kier alpha value is -0.480. The molecule has 1 heterocycles. The van der Waals surface area contributed by atoms with Gasteiger partial charge in [0.25, 0.3) is 0 Å². The zero-order valence-corrected chi connectivity index (χ0v) is 13.1. The Bertz CT molecular complexity index is 311. The Morgan fingerprint density at radius 2 is 1.95 bits per heavy atom. The molecule has 1 aliphatic heterocycles. The van der Waals surface area contributed by atoms with Gasteiger partial charge in [-0.05, 0) is 26.3 Å². The van der Waals surface area contributed by atoms with Crippen molar-refractivity contribution in [2.45, 2.75) is 56.5 Å². The van der Waals surface area contributed by atoms with Crippen LogP contribution < -0.4 is 27.6 Å². The predicted molar refractivity (Wildman–Crippen MR) is 82.7 cm³/mol. The second kappa shape index (κ2) is 10.3. The minimum Gasteiger partial charge on any atom is -0.389 e. The Labute approximate surface area is 131 Å². The summed E-state index contributed by atoms with van der Waals surface area (Å²) in [5, 5.41) is 22.3. The van der Waals surface area contributed by atoms with Crippen LogP contribution in [0.15, 0.2) is 0 Å². The van der Waals surface area contributed by atoms with Crippen molar-refractivity contribution in [1.29, 1.82) is 0 Å². The third-order valence-electron chi connectivity index (χ3n) is 3.57. The van der Waals surface area contributed by atoms with Crippen LogP contribution in [0.2, 0.25) is 0 Å². The molecule has 8 nitrogen and oxygen atoms in total. The molecule has 0 aromatic rings. The number of hydrogen-bond donors (Lipinski definition) is 7. The monoisotopic (exact) mass is 325 g/mol. The van der Waals surface area contributed by atoms with Gasteiger partial charge < -0.3 is 27.0 Å². The summed E-state index contributed by atoms with van der Waals surface area (Å²) in [5.74, 6) is -0.260. The molecule has 1 amide bonds. The highest BCUT2D eigenvalue weighted by Gasteiger charge is 2.34. The fourth-order valence-electron chi connectivity index (χ4n) is 2.10. The first-order valence-corrected chi connectivity index (χ1v) is 7.08. The SMILES string of the molecule is C[C@@H]1NN[C@@H](CNC(=O)[C@@H](N)CCCCN)[C@H](O)[C@@H]1O.Cl. The van der Waals surface area contributed by atoms with E-state index in [1.165, 1.54) is 0 Å². The average molecular weight is 326 g/mol. The number of hydrazine groups is 1. The third-order valence-corrected chi connectivity index (χ3v) is 3.57. The van der Waals surface area contributed by atoms with Gasteiger partial charge in [0, 0.05) is 12.6 Å². The van der Waals surface area contributed by atoms with Crippen molar-refractivity contribution in [1.82, 2.24) is 16.2 Å². The van der Waals surface area contributed by atoms with E-state index >= 15 is 0 Å². The number of rotatable bonds is 7. The molecular formula is C12H28ClN5O3. The van der Waals surface area contributed by atoms with Gasteiger partial charge in [0.15, 0.2) is 0 Å². The summed E-state index contributed by atoms with van der Waals surface area (Å²) in [5.41, 5.74) is 16.8. The Balaban J connectivity index is 0.00000400. The predicted octanol–water partition coefficient (Wildman–Crippen LogP) is -2.43. The molecule has 0 aromatic carbocycles. The summed E-state index contributed by atoms with van der Waals surface area (Å²) in [7, 11) is 0. The molecule has 0 saturated carbocycles. The van der Waals surface area contributed by atoms with E-state index in [1.54, 1.807) is 6.92 Å². The van der Waals surface area contributed by atoms with E-state index in [4.69, 9.17) is 11.5 Å². The van der Waals surface area contributed by atoms with Crippen molar-refractivity contribution in [2.24, 2.45) is 11.5 Å². The standard InChI is InChI=1S/C12H27N5O3.ClH/c1-7-10(18)11(19)9(17-16-7)6-15-12(20)8(14)4-2-3-5-13;/h7-11,16-19H,2-6,13-14H2,1H3,(H,15,20);1H/t7-,8-,9-,10+,11-;/m0./s1. The van der Waals surface area contributed by atoms with Crippen LogP contribution in [0.5, 0.6) is 0 Å². The summed E-state index contributed by atoms with van der Waals surface area (Å²) in [6, 6.07) is -1.28. The zero-order valence-electron chi connectivity index (χ0n) is 12.3. The molecule has 0 aromatic heterocycles. The number of hydrogen-bond acceptors (Lipinski definition) is 7. The highest BCUT2D eigenvalue weighted by Crippen LogP contribution is 2.08. The van der Waals surface area contributed by atoms with Crippen LogP contribution in [0.3, 0.4) is 0 Å². The molecule has 9 N–H and O–H groups in total. The number of halogens is 1. The summed E-state index contributed by atoms with van der Waals surface area (Å²) in [6.45, 7) is 2.54. The molecule has 1 aliphatic rings. The van der Waals surface area contributed by atoms with Gasteiger partial charge in [-0.25, -0.2) is 5.43 Å². The van der Waals surface area contributed by atoms with Crippen molar-refractivity contribution < 1.29 is 15.0 Å². The summed E-state index contributed by atoms with van der Waals surface area (Å²) < 4.78 is 0. The van der Waals surface area contributed by atoms with Crippen molar-refractivity contribution in [2.75, 3.05) is 13.1 Å². The number of nitrogens with one attached hydrogen (secondary N) is 3. The van der Waals surface area contributed by atoms with Gasteiger partial charge in [0.1, 0.15) is 0 Å². The second-order valence-electron chi connectivity index (χ2n) is 5.30. The van der Waals surface area contributed by atoms with Gasteiger partial charge in [0.05, 0.1) is 24.3 Å². The van der Waals surface area contributed by atoms with Crippen LogP contribution in [0, 0.1) is 0 Å². The van der Waals surface area contributed by atoms with Gasteiger partial charge in [-0.15, -0.1) is 12.4 Å². The number of carbonyl (C=O) groups excluding carboxylic acids is 1. The fourth-order valence-corrected chi connectivity index (χ4v) is 2.10. The second-order valence-corrected chi connectivity index (χ2v) is 5.30. The van der Waals surface area contributed by atoms with Crippen molar-refractivity contribution in [3.63, 3.8) is 0 Å². The molecule has 1 fully saturated rings. The van der Waals surface area contributed by atoms with Gasteiger partial charge in [0.2, 0.25) is 5.91 Å². The lowest BCUT2D eigenvalue weighted by Crippen LogP contribution is -2.67. The lowest BCUT2D eigenvalue weighted by Gasteiger charge is -2.37. The Kier molecular flexibility index (Phi) is 10.0. The molecule has 5 atom stereocenters. The first-order chi connectivity index (χ1) is 9.47. The van der Waals surface area contributed by atoms with Crippen molar-refractivity contribution >= 4 is 18.3 Å². The van der Waals surface area contributed by atoms with E-state index in [-0.39, 0.29) is 30.9 Å². The maximum atomic E-state index is 11.8. The van der Waals surface area contributed by atoms with E-state index < -0.39 is 24.3 Å². The Morgan fingerprint density at radius 3 is 2.57 bits per heavy atom. The van der Waals surface area contributed by atoms with Crippen LogP contribution in [0.25, 0.3) is 0 Å². The van der Waals surface area contributed by atoms with Crippen LogP contribution >= 0.6 is 12.4 Å². The van der Waals surface area contributed by atoms with Crippen molar-refractivity contribution in [3.05, 3.63) is 0 Å². The fraction of sp³-hybridized carbons (Fsp3) is 0.917. The van der Waals surface area contributed by atoms with Gasteiger partial charge in [-0.2, -0.15) is 0 Å². The normalized spacial score (nSPS) is 30.3. The largest absolute Gasteiger partial charge is 0.389 e. The lowest BCUT2D eigenvalue weighted by molar-refractivity contribution is -0.123. The van der Waals surface area contributed by atoms with Crippen LogP contribution in [0.1, 0.15) is 26.2 Å². The molecule has 21 heavy (non-hydrogen) atoms. The lowest BCUT2D eigenvalue weighted by atomic mass is 9.98. The minimum atomic E-state index is -0.944. The molecule has 1 rings (SSSR count). The molecule has 0 radical (unpaired) electrons. The first-order valence-electron chi connectivity index (χ1n) is 7.08. The third kappa shape index (κ3) is 6.43. The van der Waals surface area contributed by atoms with E-state index in [2.05, 4.69) is 16.2 Å². The quantitative estimate of drug-likeness (QED) is 0.258. The van der Waals surface area contributed by atoms with Crippen molar-refractivity contribution in [3.8, 4) is 0 Å². The maximum Gasteiger partial charge on any atom is 0.236 e. The number of carbonyl (C=O) groups is 1. The molecule has 0 bridgehead atoms. The first kappa shape index (κ1) is 20.5. The number of nitrogens with two attached hydrogens (primary N) is 2. The molecule has 126 valence electrons. The number of amides is 1. The van der Waals surface area contributed by atoms with E-state index in [0.29, 0.717) is 13.0 Å². The smallest absolute Gasteiger partial charge is 0.236 e. The molecule has 0 unspecified atom stereocenters. The van der Waals surface area contributed by atoms with Gasteiger partial charge in [-0.3, -0.25) is 10.2 Å². The minimum absolute atomic E-state index is 0. The van der Waals surface area contributed by atoms with E-state index in [1.807, 2.05) is 0 Å². The average Bonchev–Trinajstić information content (AvgIpc) is 2.44. The van der Waals surface area contributed by atoms with Crippen LogP contribution in [-0.4, -0.2) is 59.5 Å². The molecule has 9 heteroatoms. The number of aliphatic hydroxyl groups excluding tert-OH is 2. The van der Waals surface area contributed by atoms with E-state index in [9.17, 15) is 15.0 Å². The summed E-state index contributed by atoms with van der Waals surface area (Å²) >= 11 is 0. The molecule has 0 spiro atoms. The van der Waals surface area contributed by atoms with Crippen LogP contribution in [-0.2, 0) is 4.79 Å². The van der Waals surface area contributed by atoms with Crippen LogP contribution in [0.4, 0.5) is 0 Å². The summed E-state index contributed by atoms with van der Waals surface area (Å²) in [4.78, 5) is 11.8. The molecule has 0 aliphatic carbocycles. The van der Waals surface area contributed by atoms with Gasteiger partial charge >= 0.3 is 0 Å². The summed E-state index contributed by atoms with van der Waals surface area (Å²) in [6.07, 6.45) is 0.420. The highest BCUT2D eigenvalue weighted by atomic mass is 35.5. The van der Waals surface area contributed by atoms with Gasteiger partial charge in [-0.1, -0.05) is 6.42 Å². The Morgan fingerprint density at radius 1 is 1.29 bits per heavy atom. The van der Waals surface area contributed by atoms with E-state index in [0.717, 1.165) is 12.8 Å². The maximum absolute atomic E-state index is 11.8. The highest BCUT2D eigenvalue weighted by molar-refractivity contribution is 5.85. The zero-order chi connectivity index (χ0) is 15.1. The number of aliphatic hydroxyl groups is 2. The number of unbranched alkanes of at least 4 members (excludes halogenated alkanes) is 1. The topological polar surface area (TPSA) is 146 Å².